The van der Waals surface area contributed by atoms with E-state index in [1.807, 2.05) is 32.0 Å². The Kier molecular flexibility index (Phi) is 5.64. The summed E-state index contributed by atoms with van der Waals surface area (Å²) in [5.74, 6) is -0.171. The van der Waals surface area contributed by atoms with E-state index in [4.69, 9.17) is 10.5 Å². The Labute approximate surface area is 137 Å². The molecule has 5 heteroatoms. The molecule has 0 aromatic heterocycles. The molecule has 0 aliphatic carbocycles. The summed E-state index contributed by atoms with van der Waals surface area (Å²) >= 11 is 0. The molecule has 2 rings (SSSR count). The second-order valence-corrected chi connectivity index (χ2v) is 6.29. The molecule has 1 heterocycles. The predicted molar refractivity (Wildman–Crippen MR) is 90.3 cm³/mol. The summed E-state index contributed by atoms with van der Waals surface area (Å²) in [6.45, 7) is 6.00. The predicted octanol–water partition coefficient (Wildman–Crippen LogP) is 3.84. The summed E-state index contributed by atoms with van der Waals surface area (Å²) in [4.78, 5) is 25.4. The fourth-order valence-electron chi connectivity index (χ4n) is 3.12. The van der Waals surface area contributed by atoms with Crippen molar-refractivity contribution in [1.29, 1.82) is 0 Å². The molecule has 5 nitrogen and oxygen atoms in total. The molecule has 0 saturated carbocycles. The highest BCUT2D eigenvalue weighted by molar-refractivity contribution is 5.93. The maximum atomic E-state index is 12.1. The third kappa shape index (κ3) is 4.03. The number of esters is 1. The van der Waals surface area contributed by atoms with Crippen LogP contribution in [0.2, 0.25) is 0 Å². The van der Waals surface area contributed by atoms with Crippen LogP contribution in [0.1, 0.15) is 63.2 Å². The largest absolute Gasteiger partial charge is 0.457 e. The topological polar surface area (TPSA) is 72.6 Å². The van der Waals surface area contributed by atoms with Crippen LogP contribution >= 0.6 is 0 Å². The first kappa shape index (κ1) is 17.3. The highest BCUT2D eigenvalue weighted by atomic mass is 16.5. The number of nitrogens with two attached hydrogens (primary N) is 1. The Balaban J connectivity index is 2.21. The molecule has 1 aliphatic rings. The molecular formula is C18H26N2O3. The number of nitrogens with zero attached hydrogens (tertiary/aromatic N) is 1. The van der Waals surface area contributed by atoms with Crippen molar-refractivity contribution in [2.45, 2.75) is 65.0 Å². The summed E-state index contributed by atoms with van der Waals surface area (Å²) in [6.07, 6.45) is 3.65. The molecular weight excluding hydrogens is 292 g/mol. The molecule has 0 spiro atoms. The number of rotatable bonds is 5. The average molecular weight is 318 g/mol. The van der Waals surface area contributed by atoms with Crippen LogP contribution in [0.5, 0.6) is 0 Å². The number of ether oxygens (including phenoxy) is 1. The van der Waals surface area contributed by atoms with Crippen LogP contribution in [0.3, 0.4) is 0 Å². The van der Waals surface area contributed by atoms with Gasteiger partial charge >= 0.3 is 12.0 Å². The van der Waals surface area contributed by atoms with E-state index in [0.717, 1.165) is 36.1 Å². The summed E-state index contributed by atoms with van der Waals surface area (Å²) in [5.41, 5.74) is 8.19. The van der Waals surface area contributed by atoms with Crippen molar-refractivity contribution in [3.63, 3.8) is 0 Å². The van der Waals surface area contributed by atoms with Gasteiger partial charge in [0.15, 0.2) is 0 Å². The highest BCUT2D eigenvalue weighted by Gasteiger charge is 2.34. The molecule has 2 atom stereocenters. The van der Waals surface area contributed by atoms with Gasteiger partial charge in [-0.15, -0.1) is 0 Å². The van der Waals surface area contributed by atoms with Crippen LogP contribution in [0, 0.1) is 6.92 Å². The number of carbonyl (C=O) groups is 2. The van der Waals surface area contributed by atoms with Crippen molar-refractivity contribution in [1.82, 2.24) is 0 Å². The summed E-state index contributed by atoms with van der Waals surface area (Å²) in [5, 5.41) is 0. The number of hydrogen-bond donors (Lipinski definition) is 1. The number of primary amides is 1. The van der Waals surface area contributed by atoms with E-state index in [0.29, 0.717) is 12.8 Å². The van der Waals surface area contributed by atoms with E-state index < -0.39 is 6.03 Å². The Hall–Kier alpha value is -2.04. The third-order valence-corrected chi connectivity index (χ3v) is 4.28. The van der Waals surface area contributed by atoms with Gasteiger partial charge in [0.2, 0.25) is 0 Å². The quantitative estimate of drug-likeness (QED) is 0.662. The monoisotopic (exact) mass is 318 g/mol. The highest BCUT2D eigenvalue weighted by Crippen LogP contribution is 2.39. The van der Waals surface area contributed by atoms with E-state index in [-0.39, 0.29) is 18.1 Å². The van der Waals surface area contributed by atoms with Crippen molar-refractivity contribution in [2.75, 3.05) is 4.90 Å². The van der Waals surface area contributed by atoms with Crippen molar-refractivity contribution < 1.29 is 14.3 Å². The van der Waals surface area contributed by atoms with Crippen LogP contribution in [-0.2, 0) is 9.53 Å². The van der Waals surface area contributed by atoms with Crippen LogP contribution in [0.15, 0.2) is 18.2 Å². The second kappa shape index (κ2) is 7.49. The number of anilines is 1. The van der Waals surface area contributed by atoms with E-state index in [1.165, 1.54) is 0 Å². The van der Waals surface area contributed by atoms with Gasteiger partial charge in [-0.05, 0) is 26.3 Å². The van der Waals surface area contributed by atoms with Crippen LogP contribution in [0.4, 0.5) is 10.5 Å². The van der Waals surface area contributed by atoms with E-state index in [1.54, 1.807) is 4.90 Å². The second-order valence-electron chi connectivity index (χ2n) is 6.29. The lowest BCUT2D eigenvalue weighted by atomic mass is 9.92. The Morgan fingerprint density at radius 1 is 1.35 bits per heavy atom. The number of fused-ring (bicyclic) bond motifs is 1. The van der Waals surface area contributed by atoms with Gasteiger partial charge in [-0.1, -0.05) is 37.5 Å². The molecule has 0 fully saturated rings. The summed E-state index contributed by atoms with van der Waals surface area (Å²) in [6, 6.07) is 5.21. The number of benzene rings is 1. The number of carbonyl (C=O) groups excluding carboxylic acids is 2. The zero-order valence-electron chi connectivity index (χ0n) is 14.2. The van der Waals surface area contributed by atoms with Gasteiger partial charge in [0.05, 0.1) is 5.69 Å². The first-order valence-electron chi connectivity index (χ1n) is 8.32. The first-order valence-corrected chi connectivity index (χ1v) is 8.32. The van der Waals surface area contributed by atoms with E-state index in [9.17, 15) is 9.59 Å². The van der Waals surface area contributed by atoms with E-state index >= 15 is 0 Å². The van der Waals surface area contributed by atoms with Crippen molar-refractivity contribution >= 4 is 17.7 Å². The third-order valence-electron chi connectivity index (χ3n) is 4.28. The summed E-state index contributed by atoms with van der Waals surface area (Å²) < 4.78 is 5.70. The lowest BCUT2D eigenvalue weighted by molar-refractivity contribution is -0.150. The standard InChI is InChI=1S/C18H26N2O3/c1-4-5-6-7-17(21)23-16-11-13(3)20(18(19)22)15-9-8-12(2)10-14(15)16/h8-10,13,16H,4-7,11H2,1-3H3,(H2,19,22). The Morgan fingerprint density at radius 3 is 2.74 bits per heavy atom. The normalized spacial score (nSPS) is 20.0. The number of unbranched alkanes of at least 4 members (excludes halogenated alkanes) is 2. The van der Waals surface area contributed by atoms with Gasteiger partial charge in [0.25, 0.3) is 0 Å². The van der Waals surface area contributed by atoms with E-state index in [2.05, 4.69) is 6.92 Å². The molecule has 2 unspecified atom stereocenters. The molecule has 2 N–H and O–H groups in total. The zero-order chi connectivity index (χ0) is 17.0. The average Bonchev–Trinajstić information content (AvgIpc) is 2.47. The van der Waals surface area contributed by atoms with Crippen LogP contribution < -0.4 is 10.6 Å². The zero-order valence-corrected chi connectivity index (χ0v) is 14.2. The van der Waals surface area contributed by atoms with Gasteiger partial charge in [0, 0.05) is 24.4 Å². The van der Waals surface area contributed by atoms with Gasteiger partial charge in [-0.3, -0.25) is 9.69 Å². The molecule has 2 amide bonds. The van der Waals surface area contributed by atoms with Crippen LogP contribution in [0.25, 0.3) is 0 Å². The molecule has 0 bridgehead atoms. The molecule has 0 radical (unpaired) electrons. The minimum absolute atomic E-state index is 0.101. The SMILES string of the molecule is CCCCCC(=O)OC1CC(C)N(C(N)=O)c2ccc(C)cc21. The smallest absolute Gasteiger partial charge is 0.319 e. The number of amides is 2. The maximum absolute atomic E-state index is 12.1. The minimum Gasteiger partial charge on any atom is -0.457 e. The molecule has 0 saturated heterocycles. The first-order chi connectivity index (χ1) is 10.9. The van der Waals surface area contributed by atoms with Gasteiger partial charge in [-0.25, -0.2) is 4.79 Å². The number of hydrogen-bond acceptors (Lipinski definition) is 3. The molecule has 1 aromatic rings. The fraction of sp³-hybridized carbons (Fsp3) is 0.556. The molecule has 126 valence electrons. The Morgan fingerprint density at radius 2 is 2.09 bits per heavy atom. The van der Waals surface area contributed by atoms with Gasteiger partial charge in [0.1, 0.15) is 6.10 Å². The number of aryl methyl sites for hydroxylation is 1. The van der Waals surface area contributed by atoms with Crippen molar-refractivity contribution in [3.8, 4) is 0 Å². The van der Waals surface area contributed by atoms with Crippen molar-refractivity contribution in [2.24, 2.45) is 5.73 Å². The Bertz CT molecular complexity index is 586. The molecule has 1 aromatic carbocycles. The summed E-state index contributed by atoms with van der Waals surface area (Å²) in [7, 11) is 0. The van der Waals surface area contributed by atoms with Crippen molar-refractivity contribution in [3.05, 3.63) is 29.3 Å². The number of urea groups is 1. The van der Waals surface area contributed by atoms with Crippen LogP contribution in [-0.4, -0.2) is 18.0 Å². The molecule has 1 aliphatic heterocycles. The lowest BCUT2D eigenvalue weighted by Gasteiger charge is -2.38. The van der Waals surface area contributed by atoms with Gasteiger partial charge in [-0.2, -0.15) is 0 Å². The fourth-order valence-corrected chi connectivity index (χ4v) is 3.12. The lowest BCUT2D eigenvalue weighted by Crippen LogP contribution is -2.46. The minimum atomic E-state index is -0.477. The van der Waals surface area contributed by atoms with Gasteiger partial charge < -0.3 is 10.5 Å². The maximum Gasteiger partial charge on any atom is 0.319 e. The molecule has 23 heavy (non-hydrogen) atoms.